The summed E-state index contributed by atoms with van der Waals surface area (Å²) in [6, 6.07) is 14.4. The van der Waals surface area contributed by atoms with Gasteiger partial charge in [-0.2, -0.15) is 0 Å². The van der Waals surface area contributed by atoms with Gasteiger partial charge in [0.05, 0.1) is 22.2 Å². The van der Waals surface area contributed by atoms with Gasteiger partial charge in [0.25, 0.3) is 0 Å². The molecule has 0 unspecified atom stereocenters. The Morgan fingerprint density at radius 1 is 1.06 bits per heavy atom. The lowest BCUT2D eigenvalue weighted by atomic mass is 9.78. The molecule has 3 aromatic rings. The average molecular weight is 447 g/mol. The number of rotatable bonds is 4. The number of carbonyl (C=O) groups is 1. The highest BCUT2D eigenvalue weighted by Crippen LogP contribution is 2.37. The highest BCUT2D eigenvalue weighted by atomic mass is 16.7. The molecule has 33 heavy (non-hydrogen) atoms. The summed E-state index contributed by atoms with van der Waals surface area (Å²) in [5, 5.41) is 11.8. The first-order valence-corrected chi connectivity index (χ1v) is 11.6. The number of fused-ring (bicyclic) bond motifs is 1. The van der Waals surface area contributed by atoms with Crippen LogP contribution in [-0.4, -0.2) is 45.5 Å². The lowest BCUT2D eigenvalue weighted by molar-refractivity contribution is 0.00578. The zero-order valence-corrected chi connectivity index (χ0v) is 19.5. The Balaban J connectivity index is 1.37. The first-order valence-electron chi connectivity index (χ1n) is 11.6. The van der Waals surface area contributed by atoms with E-state index in [9.17, 15) is 4.79 Å². The van der Waals surface area contributed by atoms with Gasteiger partial charge in [0, 0.05) is 12.0 Å². The Morgan fingerprint density at radius 3 is 2.39 bits per heavy atom. The standard InChI is InChI=1S/C25H30BN3O4/c1-24(2)25(3,4)33-26(32-24)17-11-8-15(9-12-17)16-10-13-20-21(14-16)28-22(27-20)18-6-5-7-19(18)29-23(30)31/h8-14,18-19,29H,5-7H2,1-4H3,(H,27,28)(H,30,31)/t18-,19-/m0/s1. The van der Waals surface area contributed by atoms with Crippen molar-refractivity contribution >= 4 is 29.7 Å². The van der Waals surface area contributed by atoms with Gasteiger partial charge >= 0.3 is 13.2 Å². The summed E-state index contributed by atoms with van der Waals surface area (Å²) in [6.45, 7) is 8.22. The van der Waals surface area contributed by atoms with Gasteiger partial charge in [0.15, 0.2) is 0 Å². The van der Waals surface area contributed by atoms with Crippen molar-refractivity contribution in [1.82, 2.24) is 15.3 Å². The average Bonchev–Trinajstić information content (AvgIpc) is 3.43. The van der Waals surface area contributed by atoms with Crippen molar-refractivity contribution in [2.45, 2.75) is 70.1 Å². The molecule has 0 bridgehead atoms. The maximum atomic E-state index is 11.1. The smallest absolute Gasteiger partial charge is 0.465 e. The van der Waals surface area contributed by atoms with E-state index < -0.39 is 6.09 Å². The molecule has 1 aliphatic heterocycles. The molecule has 1 amide bonds. The molecule has 0 radical (unpaired) electrons. The number of carboxylic acid groups (broad SMARTS) is 1. The van der Waals surface area contributed by atoms with E-state index in [0.29, 0.717) is 0 Å². The van der Waals surface area contributed by atoms with Crippen LogP contribution in [0.25, 0.3) is 22.2 Å². The summed E-state index contributed by atoms with van der Waals surface area (Å²) < 4.78 is 12.3. The predicted octanol–water partition coefficient (Wildman–Crippen LogP) is 4.43. The van der Waals surface area contributed by atoms with Crippen LogP contribution in [0.5, 0.6) is 0 Å². The van der Waals surface area contributed by atoms with Crippen LogP contribution in [0.4, 0.5) is 4.79 Å². The van der Waals surface area contributed by atoms with Crippen molar-refractivity contribution < 1.29 is 19.2 Å². The number of H-pyrrole nitrogens is 1. The molecule has 1 aromatic heterocycles. The van der Waals surface area contributed by atoms with Gasteiger partial charge in [-0.3, -0.25) is 0 Å². The number of hydrogen-bond donors (Lipinski definition) is 3. The maximum Gasteiger partial charge on any atom is 0.494 e. The van der Waals surface area contributed by atoms with Crippen LogP contribution >= 0.6 is 0 Å². The summed E-state index contributed by atoms with van der Waals surface area (Å²) in [5.74, 6) is 0.936. The third-order valence-electron chi connectivity index (χ3n) is 7.45. The van der Waals surface area contributed by atoms with Gasteiger partial charge in [-0.05, 0) is 69.3 Å². The van der Waals surface area contributed by atoms with Crippen LogP contribution in [0.1, 0.15) is 58.7 Å². The molecule has 2 aliphatic rings. The molecule has 2 atom stereocenters. The van der Waals surface area contributed by atoms with E-state index in [0.717, 1.165) is 52.7 Å². The zero-order chi connectivity index (χ0) is 23.4. The quantitative estimate of drug-likeness (QED) is 0.514. The predicted molar refractivity (Wildman–Crippen MR) is 129 cm³/mol. The fourth-order valence-electron chi connectivity index (χ4n) is 4.81. The number of nitrogens with one attached hydrogen (secondary N) is 2. The molecular formula is C25H30BN3O4. The van der Waals surface area contributed by atoms with Gasteiger partial charge in [0.1, 0.15) is 5.82 Å². The fraction of sp³-hybridized carbons (Fsp3) is 0.440. The molecule has 5 rings (SSSR count). The van der Waals surface area contributed by atoms with E-state index in [-0.39, 0.29) is 30.3 Å². The van der Waals surface area contributed by atoms with Gasteiger partial charge < -0.3 is 24.7 Å². The Labute approximate surface area is 194 Å². The van der Waals surface area contributed by atoms with Gasteiger partial charge in [0.2, 0.25) is 0 Å². The summed E-state index contributed by atoms with van der Waals surface area (Å²) in [7, 11) is -0.376. The highest BCUT2D eigenvalue weighted by Gasteiger charge is 2.51. The van der Waals surface area contributed by atoms with E-state index in [1.807, 2.05) is 6.07 Å². The maximum absolute atomic E-state index is 11.1. The third kappa shape index (κ3) is 4.02. The Morgan fingerprint density at radius 2 is 1.73 bits per heavy atom. The van der Waals surface area contributed by atoms with Crippen LogP contribution in [0, 0.1) is 0 Å². The molecule has 1 aliphatic carbocycles. The normalized spacial score (nSPS) is 23.8. The minimum Gasteiger partial charge on any atom is -0.465 e. The van der Waals surface area contributed by atoms with Crippen molar-refractivity contribution in [2.75, 3.05) is 0 Å². The van der Waals surface area contributed by atoms with Crippen molar-refractivity contribution in [3.63, 3.8) is 0 Å². The van der Waals surface area contributed by atoms with Crippen molar-refractivity contribution in [3.8, 4) is 11.1 Å². The Kier molecular flexibility index (Phi) is 5.25. The molecule has 0 spiro atoms. The van der Waals surface area contributed by atoms with Gasteiger partial charge in [-0.15, -0.1) is 0 Å². The van der Waals surface area contributed by atoms with E-state index in [1.165, 1.54) is 0 Å². The molecule has 2 fully saturated rings. The molecule has 2 heterocycles. The van der Waals surface area contributed by atoms with Crippen molar-refractivity contribution in [1.29, 1.82) is 0 Å². The van der Waals surface area contributed by atoms with Crippen LogP contribution < -0.4 is 10.8 Å². The van der Waals surface area contributed by atoms with Crippen LogP contribution in [0.3, 0.4) is 0 Å². The summed E-state index contributed by atoms with van der Waals surface area (Å²) in [4.78, 5) is 19.3. The molecular weight excluding hydrogens is 417 g/mol. The van der Waals surface area contributed by atoms with Crippen LogP contribution in [-0.2, 0) is 9.31 Å². The Bertz CT molecular complexity index is 1170. The molecule has 1 saturated carbocycles. The second kappa shape index (κ2) is 7.89. The molecule has 2 aromatic carbocycles. The summed E-state index contributed by atoms with van der Waals surface area (Å²) in [5.41, 5.74) is 4.29. The van der Waals surface area contributed by atoms with Crippen molar-refractivity contribution in [2.24, 2.45) is 0 Å². The topological polar surface area (TPSA) is 96.5 Å². The second-order valence-corrected chi connectivity index (χ2v) is 10.2. The summed E-state index contributed by atoms with van der Waals surface area (Å²) in [6.07, 6.45) is 1.79. The summed E-state index contributed by atoms with van der Waals surface area (Å²) >= 11 is 0. The first kappa shape index (κ1) is 22.0. The zero-order valence-electron chi connectivity index (χ0n) is 19.5. The lowest BCUT2D eigenvalue weighted by Crippen LogP contribution is -2.41. The lowest BCUT2D eigenvalue weighted by Gasteiger charge is -2.32. The van der Waals surface area contributed by atoms with E-state index in [1.54, 1.807) is 0 Å². The highest BCUT2D eigenvalue weighted by molar-refractivity contribution is 6.62. The number of imidazole rings is 1. The number of nitrogens with zero attached hydrogens (tertiary/aromatic N) is 1. The van der Waals surface area contributed by atoms with E-state index in [2.05, 4.69) is 74.4 Å². The van der Waals surface area contributed by atoms with Crippen LogP contribution in [0.15, 0.2) is 42.5 Å². The largest absolute Gasteiger partial charge is 0.494 e. The SMILES string of the molecule is CC1(C)OB(c2ccc(-c3ccc4[nH]c([C@H]5CCC[C@@H]5NC(=O)O)nc4c3)cc2)OC1(C)C. The molecule has 172 valence electrons. The first-order chi connectivity index (χ1) is 15.6. The monoisotopic (exact) mass is 447 g/mol. The minimum absolute atomic E-state index is 0.0798. The molecule has 8 heteroatoms. The Hall–Kier alpha value is -2.84. The number of aromatic amines is 1. The molecule has 1 saturated heterocycles. The molecule has 7 nitrogen and oxygen atoms in total. The second-order valence-electron chi connectivity index (χ2n) is 10.2. The van der Waals surface area contributed by atoms with Gasteiger partial charge in [-0.25, -0.2) is 9.78 Å². The number of benzene rings is 2. The van der Waals surface area contributed by atoms with Crippen LogP contribution in [0.2, 0.25) is 0 Å². The van der Waals surface area contributed by atoms with E-state index in [4.69, 9.17) is 19.4 Å². The number of amides is 1. The molecule has 3 N–H and O–H groups in total. The number of hydrogen-bond acceptors (Lipinski definition) is 4. The third-order valence-corrected chi connectivity index (χ3v) is 7.45. The minimum atomic E-state index is -0.978. The number of aromatic nitrogens is 2. The fourth-order valence-corrected chi connectivity index (χ4v) is 4.81. The van der Waals surface area contributed by atoms with E-state index >= 15 is 0 Å². The van der Waals surface area contributed by atoms with Gasteiger partial charge in [-0.1, -0.05) is 36.8 Å². The van der Waals surface area contributed by atoms with Crippen molar-refractivity contribution in [3.05, 3.63) is 48.3 Å².